The molecule has 1 saturated heterocycles. The number of likely N-dealkylation sites (tertiary alicyclic amines) is 1. The van der Waals surface area contributed by atoms with Crippen LogP contribution < -0.4 is 5.32 Å². The molecule has 1 aliphatic rings. The molecule has 31 heavy (non-hydrogen) atoms. The molecule has 1 amide bonds. The van der Waals surface area contributed by atoms with Crippen LogP contribution in [0.2, 0.25) is 0 Å². The summed E-state index contributed by atoms with van der Waals surface area (Å²) in [5.74, 6) is 0.475. The molecule has 1 aromatic carbocycles. The van der Waals surface area contributed by atoms with Crippen molar-refractivity contribution in [3.63, 3.8) is 0 Å². The van der Waals surface area contributed by atoms with E-state index in [4.69, 9.17) is 0 Å². The second-order valence-corrected chi connectivity index (χ2v) is 7.79. The molecule has 4 rings (SSSR count). The second-order valence-electron chi connectivity index (χ2n) is 7.79. The third-order valence-electron chi connectivity index (χ3n) is 5.64. The Morgan fingerprint density at radius 3 is 2.90 bits per heavy atom. The summed E-state index contributed by atoms with van der Waals surface area (Å²) in [4.78, 5) is 27.2. The number of aromatic nitrogens is 4. The van der Waals surface area contributed by atoms with E-state index in [1.54, 1.807) is 47.0 Å². The van der Waals surface area contributed by atoms with Crippen LogP contribution >= 0.6 is 0 Å². The Labute approximate surface area is 179 Å². The summed E-state index contributed by atoms with van der Waals surface area (Å²) in [6.07, 6.45) is 4.50. The smallest absolute Gasteiger partial charge is 0.253 e. The van der Waals surface area contributed by atoms with Gasteiger partial charge in [-0.1, -0.05) is 6.07 Å². The lowest BCUT2D eigenvalue weighted by Crippen LogP contribution is -2.40. The van der Waals surface area contributed by atoms with Crippen LogP contribution in [0.15, 0.2) is 36.7 Å². The molecule has 2 N–H and O–H groups in total. The Balaban J connectivity index is 1.55. The highest BCUT2D eigenvalue weighted by molar-refractivity contribution is 5.95. The van der Waals surface area contributed by atoms with Gasteiger partial charge in [0, 0.05) is 38.0 Å². The van der Waals surface area contributed by atoms with Crippen LogP contribution in [0.3, 0.4) is 0 Å². The first-order valence-corrected chi connectivity index (χ1v) is 10.2. The third kappa shape index (κ3) is 4.41. The number of aryl methyl sites for hydroxylation is 1. The van der Waals surface area contributed by atoms with E-state index in [0.717, 1.165) is 24.9 Å². The third-order valence-corrected chi connectivity index (χ3v) is 5.64. The van der Waals surface area contributed by atoms with Gasteiger partial charge in [0.1, 0.15) is 11.5 Å². The molecule has 3 aromatic rings. The van der Waals surface area contributed by atoms with Crippen molar-refractivity contribution in [3.05, 3.63) is 53.9 Å². The Morgan fingerprint density at radius 1 is 1.32 bits per heavy atom. The number of benzene rings is 1. The van der Waals surface area contributed by atoms with E-state index in [9.17, 15) is 14.3 Å². The van der Waals surface area contributed by atoms with Crippen LogP contribution in [-0.4, -0.2) is 55.1 Å². The summed E-state index contributed by atoms with van der Waals surface area (Å²) >= 11 is 0. The van der Waals surface area contributed by atoms with Gasteiger partial charge in [0.25, 0.3) is 5.91 Å². The summed E-state index contributed by atoms with van der Waals surface area (Å²) in [5.41, 5.74) is 1.86. The number of piperidine rings is 1. The average Bonchev–Trinajstić information content (AvgIpc) is 3.13. The number of carbonyl (C=O) groups is 1. The van der Waals surface area contributed by atoms with E-state index in [2.05, 4.69) is 20.3 Å². The maximum absolute atomic E-state index is 14.4. The zero-order chi connectivity index (χ0) is 22.0. The molecule has 1 atom stereocenters. The Kier molecular flexibility index (Phi) is 5.94. The largest absolute Gasteiger partial charge is 0.396 e. The number of amides is 1. The van der Waals surface area contributed by atoms with Crippen LogP contribution in [-0.2, 0) is 7.05 Å². The molecule has 1 aliphatic heterocycles. The molecule has 1 fully saturated rings. The van der Waals surface area contributed by atoms with Crippen molar-refractivity contribution < 1.29 is 14.3 Å². The summed E-state index contributed by atoms with van der Waals surface area (Å²) in [7, 11) is 1.79. The van der Waals surface area contributed by atoms with Crippen molar-refractivity contribution in [2.24, 2.45) is 13.0 Å². The number of imidazole rings is 1. The highest BCUT2D eigenvalue weighted by Gasteiger charge is 2.24. The zero-order valence-corrected chi connectivity index (χ0v) is 17.5. The van der Waals surface area contributed by atoms with Gasteiger partial charge >= 0.3 is 0 Å². The van der Waals surface area contributed by atoms with Crippen LogP contribution in [0.1, 0.15) is 29.0 Å². The maximum atomic E-state index is 14.4. The molecule has 162 valence electrons. The van der Waals surface area contributed by atoms with E-state index in [-0.39, 0.29) is 30.1 Å². The number of carbonyl (C=O) groups excluding carboxylic acids is 1. The first kappa shape index (κ1) is 20.9. The second kappa shape index (κ2) is 8.81. The lowest BCUT2D eigenvalue weighted by Gasteiger charge is -2.32. The predicted molar refractivity (Wildman–Crippen MR) is 114 cm³/mol. The number of rotatable bonds is 5. The summed E-state index contributed by atoms with van der Waals surface area (Å²) in [5, 5.41) is 12.5. The fraction of sp³-hybridized carbons (Fsp3) is 0.364. The summed E-state index contributed by atoms with van der Waals surface area (Å²) in [6.45, 7) is 3.16. The molecule has 1 unspecified atom stereocenters. The molecule has 2 aromatic heterocycles. The van der Waals surface area contributed by atoms with Gasteiger partial charge in [0.05, 0.1) is 18.1 Å². The van der Waals surface area contributed by atoms with Gasteiger partial charge in [-0.3, -0.25) is 4.79 Å². The van der Waals surface area contributed by atoms with Gasteiger partial charge in [-0.05, 0) is 43.9 Å². The monoisotopic (exact) mass is 424 g/mol. The molecule has 9 heteroatoms. The molecular formula is C22H25FN6O2. The van der Waals surface area contributed by atoms with Crippen LogP contribution in [0.4, 0.5) is 16.0 Å². The number of aliphatic hydroxyl groups excluding tert-OH is 1. The fourth-order valence-corrected chi connectivity index (χ4v) is 3.77. The number of halogens is 1. The topological polar surface area (TPSA) is 96.2 Å². The van der Waals surface area contributed by atoms with Crippen molar-refractivity contribution in [3.8, 4) is 11.4 Å². The van der Waals surface area contributed by atoms with Gasteiger partial charge in [0.15, 0.2) is 5.82 Å². The number of nitrogens with one attached hydrogen (secondary N) is 1. The van der Waals surface area contributed by atoms with Gasteiger partial charge in [-0.25, -0.2) is 19.3 Å². The number of hydrogen-bond acceptors (Lipinski definition) is 6. The number of aliphatic hydroxyl groups is 1. The first-order valence-electron chi connectivity index (χ1n) is 10.2. The highest BCUT2D eigenvalue weighted by Crippen LogP contribution is 2.24. The number of nitrogens with zero attached hydrogens (tertiary/aromatic N) is 5. The highest BCUT2D eigenvalue weighted by atomic mass is 19.1. The van der Waals surface area contributed by atoms with Gasteiger partial charge in [0.2, 0.25) is 5.95 Å². The lowest BCUT2D eigenvalue weighted by molar-refractivity contribution is 0.0621. The Hall–Kier alpha value is -3.33. The molecule has 0 saturated carbocycles. The van der Waals surface area contributed by atoms with Crippen molar-refractivity contribution in [1.82, 2.24) is 24.4 Å². The van der Waals surface area contributed by atoms with E-state index in [1.165, 1.54) is 0 Å². The molecule has 0 spiro atoms. The minimum Gasteiger partial charge on any atom is -0.396 e. The van der Waals surface area contributed by atoms with E-state index in [0.29, 0.717) is 30.0 Å². The number of hydrogen-bond donors (Lipinski definition) is 2. The molecule has 0 bridgehead atoms. The van der Waals surface area contributed by atoms with Crippen LogP contribution in [0, 0.1) is 18.7 Å². The Morgan fingerprint density at radius 2 is 2.16 bits per heavy atom. The SMILES string of the molecule is Cc1ncc(-c2nc(Nc3cccc(C(=O)N4CCCC(CO)C4)c3)ncc2F)n1C. The van der Waals surface area contributed by atoms with Crippen molar-refractivity contribution in [2.75, 3.05) is 25.0 Å². The fourth-order valence-electron chi connectivity index (χ4n) is 3.77. The van der Waals surface area contributed by atoms with E-state index < -0.39 is 5.82 Å². The van der Waals surface area contributed by atoms with Crippen molar-refractivity contribution in [1.29, 1.82) is 0 Å². The Bertz CT molecular complexity index is 1100. The average molecular weight is 424 g/mol. The molecule has 8 nitrogen and oxygen atoms in total. The first-order chi connectivity index (χ1) is 15.0. The van der Waals surface area contributed by atoms with E-state index >= 15 is 0 Å². The normalized spacial score (nSPS) is 16.4. The maximum Gasteiger partial charge on any atom is 0.253 e. The summed E-state index contributed by atoms with van der Waals surface area (Å²) in [6, 6.07) is 7.05. The minimum absolute atomic E-state index is 0.0760. The standard InChI is InChI=1S/C22H25FN6O2/c1-14-24-11-19(28(14)2)20-18(23)10-25-22(27-20)26-17-7-3-6-16(9-17)21(31)29-8-4-5-15(12-29)13-30/h3,6-7,9-11,15,30H,4-5,8,12-13H2,1-2H3,(H,25,26,27). The number of anilines is 2. The van der Waals surface area contributed by atoms with Crippen molar-refractivity contribution in [2.45, 2.75) is 19.8 Å². The van der Waals surface area contributed by atoms with Crippen molar-refractivity contribution >= 4 is 17.5 Å². The van der Waals surface area contributed by atoms with Gasteiger partial charge in [-0.15, -0.1) is 0 Å². The van der Waals surface area contributed by atoms with Crippen LogP contribution in [0.25, 0.3) is 11.4 Å². The molecule has 0 radical (unpaired) electrons. The quantitative estimate of drug-likeness (QED) is 0.654. The lowest BCUT2D eigenvalue weighted by atomic mass is 9.98. The molecule has 0 aliphatic carbocycles. The molecular weight excluding hydrogens is 399 g/mol. The summed E-state index contributed by atoms with van der Waals surface area (Å²) < 4.78 is 16.1. The minimum atomic E-state index is -0.541. The van der Waals surface area contributed by atoms with Gasteiger partial charge < -0.3 is 19.9 Å². The van der Waals surface area contributed by atoms with Gasteiger partial charge in [-0.2, -0.15) is 0 Å². The van der Waals surface area contributed by atoms with Crippen LogP contribution in [0.5, 0.6) is 0 Å². The van der Waals surface area contributed by atoms with E-state index in [1.807, 2.05) is 6.92 Å². The predicted octanol–water partition coefficient (Wildman–Crippen LogP) is 2.91. The zero-order valence-electron chi connectivity index (χ0n) is 17.5. The molecule has 3 heterocycles.